The minimum absolute atomic E-state index is 0.0867. The Morgan fingerprint density at radius 3 is 2.66 bits per heavy atom. The summed E-state index contributed by atoms with van der Waals surface area (Å²) in [6, 6.07) is 13.6. The van der Waals surface area contributed by atoms with Crippen LogP contribution in [-0.2, 0) is 4.79 Å². The second-order valence-corrected chi connectivity index (χ2v) is 9.35. The first kappa shape index (κ1) is 22.2. The number of hydrogen-bond acceptors (Lipinski definition) is 6. The number of hydrogen-bond donors (Lipinski definition) is 1. The molecule has 4 rings (SSSR count). The highest BCUT2D eigenvalue weighted by molar-refractivity contribution is 8.26. The van der Waals surface area contributed by atoms with Crippen molar-refractivity contribution >= 4 is 51.7 Å². The molecule has 0 unspecified atom stereocenters. The molecule has 0 bridgehead atoms. The van der Waals surface area contributed by atoms with Crippen LogP contribution >= 0.6 is 24.0 Å². The number of amides is 1. The number of carbonyl (C=O) groups excluding carboxylic acids is 1. The van der Waals surface area contributed by atoms with E-state index in [0.29, 0.717) is 32.8 Å². The van der Waals surface area contributed by atoms with Crippen LogP contribution < -0.4 is 10.9 Å². The number of pyridine rings is 1. The normalized spacial score (nSPS) is 16.2. The van der Waals surface area contributed by atoms with Crippen LogP contribution in [0.1, 0.15) is 43.0 Å². The predicted molar refractivity (Wildman–Crippen MR) is 135 cm³/mol. The number of aryl methyl sites for hydroxylation is 1. The van der Waals surface area contributed by atoms with Gasteiger partial charge >= 0.3 is 0 Å². The summed E-state index contributed by atoms with van der Waals surface area (Å²) in [5.41, 5.74) is 2.64. The van der Waals surface area contributed by atoms with Gasteiger partial charge in [0.15, 0.2) is 0 Å². The van der Waals surface area contributed by atoms with Gasteiger partial charge in [0.05, 0.1) is 10.5 Å². The lowest BCUT2D eigenvalue weighted by atomic mass is 10.1. The molecule has 1 fully saturated rings. The van der Waals surface area contributed by atoms with Crippen molar-refractivity contribution in [3.63, 3.8) is 0 Å². The van der Waals surface area contributed by atoms with Gasteiger partial charge in [0.1, 0.15) is 15.8 Å². The first-order valence-electron chi connectivity index (χ1n) is 10.5. The Bertz CT molecular complexity index is 1280. The van der Waals surface area contributed by atoms with E-state index in [2.05, 4.69) is 5.32 Å². The number of anilines is 1. The summed E-state index contributed by atoms with van der Waals surface area (Å²) in [5.74, 6) is 0.277. The summed E-state index contributed by atoms with van der Waals surface area (Å²) >= 11 is 6.61. The third kappa shape index (κ3) is 4.20. The molecule has 0 saturated carbocycles. The molecule has 6 nitrogen and oxygen atoms in total. The Balaban J connectivity index is 1.84. The van der Waals surface area contributed by atoms with Gasteiger partial charge in [0, 0.05) is 18.8 Å². The maximum Gasteiger partial charge on any atom is 0.267 e. The lowest BCUT2D eigenvalue weighted by Gasteiger charge is -2.18. The lowest BCUT2D eigenvalue weighted by Crippen LogP contribution is -2.28. The quantitative estimate of drug-likeness (QED) is 0.418. The molecule has 1 amide bonds. The standard InChI is InChI=1S/C24H24N4O2S2/c1-4-12-28-23(30)19(32-24(28)31)14-18-20(25-16(3)17-10-6-5-7-11-17)26-21-15(2)9-8-13-27(21)22(18)29/h5-11,13-14,16,25H,4,12H2,1-3H3/b19-14+/t16-/m1/s1. The second-order valence-electron chi connectivity index (χ2n) is 7.67. The van der Waals surface area contributed by atoms with Gasteiger partial charge in [-0.25, -0.2) is 4.98 Å². The Labute approximate surface area is 196 Å². The van der Waals surface area contributed by atoms with Crippen molar-refractivity contribution in [3.8, 4) is 0 Å². The van der Waals surface area contributed by atoms with Crippen molar-refractivity contribution in [2.75, 3.05) is 11.9 Å². The molecule has 1 N–H and O–H groups in total. The first-order valence-corrected chi connectivity index (χ1v) is 11.7. The van der Waals surface area contributed by atoms with E-state index >= 15 is 0 Å². The molecule has 32 heavy (non-hydrogen) atoms. The number of aromatic nitrogens is 2. The molecule has 3 heterocycles. The number of rotatable bonds is 6. The summed E-state index contributed by atoms with van der Waals surface area (Å²) in [6.45, 7) is 6.49. The molecule has 3 aromatic rings. The SMILES string of the molecule is CCCN1C(=O)/C(=C\c2c(N[C@H](C)c3ccccc3)nc3c(C)cccn3c2=O)SC1=S. The van der Waals surface area contributed by atoms with E-state index in [9.17, 15) is 9.59 Å². The summed E-state index contributed by atoms with van der Waals surface area (Å²) in [7, 11) is 0. The van der Waals surface area contributed by atoms with Gasteiger partial charge in [0.2, 0.25) is 0 Å². The van der Waals surface area contributed by atoms with Crippen LogP contribution in [0.25, 0.3) is 11.7 Å². The molecule has 1 aliphatic heterocycles. The number of fused-ring (bicyclic) bond motifs is 1. The summed E-state index contributed by atoms with van der Waals surface area (Å²) in [6.07, 6.45) is 4.13. The van der Waals surface area contributed by atoms with Crippen molar-refractivity contribution < 1.29 is 4.79 Å². The fourth-order valence-electron chi connectivity index (χ4n) is 3.63. The van der Waals surface area contributed by atoms with Crippen molar-refractivity contribution in [1.29, 1.82) is 0 Å². The fraction of sp³-hybridized carbons (Fsp3) is 0.250. The summed E-state index contributed by atoms with van der Waals surface area (Å²) in [4.78, 5) is 33.2. The number of thioether (sulfide) groups is 1. The number of carbonyl (C=O) groups is 1. The predicted octanol–water partition coefficient (Wildman–Crippen LogP) is 4.79. The minimum Gasteiger partial charge on any atom is -0.363 e. The van der Waals surface area contributed by atoms with Crippen LogP contribution in [-0.4, -0.2) is 31.1 Å². The largest absolute Gasteiger partial charge is 0.363 e. The van der Waals surface area contributed by atoms with Gasteiger partial charge in [-0.1, -0.05) is 67.3 Å². The fourth-order valence-corrected chi connectivity index (χ4v) is 4.92. The van der Waals surface area contributed by atoms with E-state index in [1.165, 1.54) is 16.2 Å². The van der Waals surface area contributed by atoms with E-state index in [0.717, 1.165) is 17.5 Å². The Kier molecular flexibility index (Phi) is 6.43. The third-order valence-electron chi connectivity index (χ3n) is 5.33. The molecule has 2 aromatic heterocycles. The van der Waals surface area contributed by atoms with Gasteiger partial charge in [-0.15, -0.1) is 0 Å². The molecule has 0 radical (unpaired) electrons. The zero-order valence-corrected chi connectivity index (χ0v) is 19.8. The molecule has 1 saturated heterocycles. The maximum atomic E-state index is 13.5. The van der Waals surface area contributed by atoms with Crippen molar-refractivity contribution in [2.45, 2.75) is 33.2 Å². The monoisotopic (exact) mass is 464 g/mol. The number of benzene rings is 1. The lowest BCUT2D eigenvalue weighted by molar-refractivity contribution is -0.122. The number of nitrogens with zero attached hydrogens (tertiary/aromatic N) is 3. The smallest absolute Gasteiger partial charge is 0.267 e. The van der Waals surface area contributed by atoms with Gasteiger partial charge in [-0.3, -0.25) is 18.9 Å². The molecule has 8 heteroatoms. The van der Waals surface area contributed by atoms with E-state index < -0.39 is 0 Å². The molecular formula is C24H24N4O2S2. The molecule has 1 aromatic carbocycles. The Morgan fingerprint density at radius 1 is 1.19 bits per heavy atom. The molecule has 0 aliphatic carbocycles. The van der Waals surface area contributed by atoms with E-state index in [1.807, 2.05) is 63.2 Å². The van der Waals surface area contributed by atoms with Crippen molar-refractivity contribution in [2.24, 2.45) is 0 Å². The first-order chi connectivity index (χ1) is 15.4. The number of thiocarbonyl (C=S) groups is 1. The molecule has 0 spiro atoms. The molecule has 164 valence electrons. The van der Waals surface area contributed by atoms with Gasteiger partial charge in [0.25, 0.3) is 11.5 Å². The summed E-state index contributed by atoms with van der Waals surface area (Å²) < 4.78 is 2.03. The van der Waals surface area contributed by atoms with Gasteiger partial charge in [-0.2, -0.15) is 0 Å². The third-order valence-corrected chi connectivity index (χ3v) is 6.71. The van der Waals surface area contributed by atoms with Gasteiger partial charge < -0.3 is 5.32 Å². The van der Waals surface area contributed by atoms with E-state index in [-0.39, 0.29) is 17.5 Å². The van der Waals surface area contributed by atoms with Crippen LogP contribution in [0.15, 0.2) is 58.4 Å². The highest BCUT2D eigenvalue weighted by Gasteiger charge is 2.32. The van der Waals surface area contributed by atoms with Crippen LogP contribution in [0, 0.1) is 6.92 Å². The zero-order valence-electron chi connectivity index (χ0n) is 18.2. The molecule has 1 aliphatic rings. The van der Waals surface area contributed by atoms with Crippen LogP contribution in [0.2, 0.25) is 0 Å². The van der Waals surface area contributed by atoms with Crippen LogP contribution in [0.3, 0.4) is 0 Å². The van der Waals surface area contributed by atoms with Gasteiger partial charge in [-0.05, 0) is 43.5 Å². The zero-order chi connectivity index (χ0) is 22.8. The van der Waals surface area contributed by atoms with E-state index in [1.54, 1.807) is 17.2 Å². The minimum atomic E-state index is -0.234. The average molecular weight is 465 g/mol. The van der Waals surface area contributed by atoms with E-state index in [4.69, 9.17) is 17.2 Å². The Hall–Kier alpha value is -2.97. The number of nitrogens with one attached hydrogen (secondary N) is 1. The average Bonchev–Trinajstić information content (AvgIpc) is 3.05. The van der Waals surface area contributed by atoms with Crippen molar-refractivity contribution in [3.05, 3.63) is 80.6 Å². The summed E-state index contributed by atoms with van der Waals surface area (Å²) in [5, 5.41) is 3.39. The van der Waals surface area contributed by atoms with Crippen molar-refractivity contribution in [1.82, 2.24) is 14.3 Å². The molecular weight excluding hydrogens is 440 g/mol. The second kappa shape index (κ2) is 9.26. The highest BCUT2D eigenvalue weighted by Crippen LogP contribution is 2.33. The van der Waals surface area contributed by atoms with Crippen LogP contribution in [0.4, 0.5) is 5.82 Å². The Morgan fingerprint density at radius 2 is 1.94 bits per heavy atom. The topological polar surface area (TPSA) is 66.7 Å². The van der Waals surface area contributed by atoms with Crippen LogP contribution in [0.5, 0.6) is 0 Å². The molecule has 1 atom stereocenters. The highest BCUT2D eigenvalue weighted by atomic mass is 32.2. The maximum absolute atomic E-state index is 13.5.